The van der Waals surface area contributed by atoms with Gasteiger partial charge in [-0.15, -0.1) is 12.4 Å². The number of carbonyl (C=O) groups excluding carboxylic acids is 1. The lowest BCUT2D eigenvalue weighted by molar-refractivity contribution is 0.0915. The highest BCUT2D eigenvalue weighted by molar-refractivity contribution is 5.92. The lowest BCUT2D eigenvalue weighted by Gasteiger charge is -2.30. The number of halogens is 1. The van der Waals surface area contributed by atoms with Gasteiger partial charge in [0.05, 0.1) is 0 Å². The van der Waals surface area contributed by atoms with E-state index in [-0.39, 0.29) is 24.4 Å². The second-order valence-corrected chi connectivity index (χ2v) is 6.92. The van der Waals surface area contributed by atoms with E-state index in [1.807, 2.05) is 6.07 Å². The summed E-state index contributed by atoms with van der Waals surface area (Å²) in [5, 5.41) is 10.6. The Morgan fingerprint density at radius 2 is 2.04 bits per heavy atom. The molecule has 4 rings (SSSR count). The monoisotopic (exact) mass is 361 g/mol. The zero-order valence-corrected chi connectivity index (χ0v) is 14.9. The average molecular weight is 362 g/mol. The van der Waals surface area contributed by atoms with Crippen LogP contribution in [0, 0.1) is 0 Å². The molecule has 2 N–H and O–H groups in total. The molecule has 1 aliphatic carbocycles. The number of rotatable bonds is 5. The van der Waals surface area contributed by atoms with Crippen LogP contribution in [-0.2, 0) is 6.42 Å². The van der Waals surface area contributed by atoms with Crippen LogP contribution in [0.4, 0.5) is 0 Å². The Morgan fingerprint density at radius 1 is 1.24 bits per heavy atom. The first-order chi connectivity index (χ1) is 11.8. The lowest BCUT2D eigenvalue weighted by atomic mass is 9.94. The van der Waals surface area contributed by atoms with E-state index in [0.717, 1.165) is 44.4 Å². The van der Waals surface area contributed by atoms with Gasteiger partial charge in [-0.05, 0) is 44.2 Å². The van der Waals surface area contributed by atoms with E-state index in [1.165, 1.54) is 5.56 Å². The highest BCUT2D eigenvalue weighted by atomic mass is 35.5. The summed E-state index contributed by atoms with van der Waals surface area (Å²) in [6.45, 7) is 0.925. The summed E-state index contributed by atoms with van der Waals surface area (Å²) in [6, 6.07) is 12.9. The number of carbonyl (C=O) groups is 1. The molecular weight excluding hydrogens is 338 g/mol. The number of nitrogens with zero attached hydrogens (tertiary/aromatic N) is 1. The maximum Gasteiger partial charge on any atom is 0.273 e. The lowest BCUT2D eigenvalue weighted by Crippen LogP contribution is -2.48. The van der Waals surface area contributed by atoms with Crippen LogP contribution in [0.25, 0.3) is 0 Å². The van der Waals surface area contributed by atoms with E-state index >= 15 is 0 Å². The van der Waals surface area contributed by atoms with Crippen molar-refractivity contribution in [2.45, 2.75) is 50.1 Å². The third kappa shape index (κ3) is 4.61. The van der Waals surface area contributed by atoms with Crippen LogP contribution in [-0.4, -0.2) is 29.7 Å². The van der Waals surface area contributed by atoms with Crippen molar-refractivity contribution >= 4 is 18.3 Å². The second kappa shape index (κ2) is 8.02. The standard InChI is InChI=1S/C19H23N3O2.ClH/c23-19(17-12-18(24-22-17)14-6-7-14)21-15-8-9-20-16(11-15)10-13-4-2-1-3-5-13;/h1-5,12,14-16,20H,6-11H2,(H,21,23);1H/t15-,16-;/m1./s1. The van der Waals surface area contributed by atoms with Crippen molar-refractivity contribution in [1.82, 2.24) is 15.8 Å². The number of aromatic nitrogens is 1. The molecule has 0 spiro atoms. The van der Waals surface area contributed by atoms with Gasteiger partial charge in [0.25, 0.3) is 5.91 Å². The SMILES string of the molecule is Cl.O=C(N[C@@H]1CCN[C@H](Cc2ccccc2)C1)c1cc(C2CC2)on1. The number of benzene rings is 1. The fraction of sp³-hybridized carbons (Fsp3) is 0.474. The van der Waals surface area contributed by atoms with Crippen LogP contribution in [0.15, 0.2) is 40.9 Å². The first-order valence-electron chi connectivity index (χ1n) is 8.83. The van der Waals surface area contributed by atoms with E-state index in [9.17, 15) is 4.79 Å². The quantitative estimate of drug-likeness (QED) is 0.858. The van der Waals surface area contributed by atoms with Crippen molar-refractivity contribution < 1.29 is 9.32 Å². The van der Waals surface area contributed by atoms with Gasteiger partial charge in [0.2, 0.25) is 0 Å². The van der Waals surface area contributed by atoms with Crippen molar-refractivity contribution in [1.29, 1.82) is 0 Å². The molecule has 25 heavy (non-hydrogen) atoms. The molecule has 1 saturated heterocycles. The predicted octanol–water partition coefficient (Wildman–Crippen LogP) is 3.07. The second-order valence-electron chi connectivity index (χ2n) is 6.92. The first-order valence-corrected chi connectivity index (χ1v) is 8.83. The molecule has 2 aromatic rings. The molecule has 1 amide bonds. The Bertz CT molecular complexity index is 700. The number of hydrogen-bond donors (Lipinski definition) is 2. The number of piperidine rings is 1. The molecule has 6 heteroatoms. The van der Waals surface area contributed by atoms with Crippen LogP contribution in [0.2, 0.25) is 0 Å². The van der Waals surface area contributed by atoms with Crippen molar-refractivity contribution in [3.63, 3.8) is 0 Å². The molecule has 2 heterocycles. The summed E-state index contributed by atoms with van der Waals surface area (Å²) >= 11 is 0. The van der Waals surface area contributed by atoms with Gasteiger partial charge >= 0.3 is 0 Å². The predicted molar refractivity (Wildman–Crippen MR) is 98.2 cm³/mol. The fourth-order valence-electron chi connectivity index (χ4n) is 3.41. The zero-order valence-electron chi connectivity index (χ0n) is 14.1. The highest BCUT2D eigenvalue weighted by Gasteiger charge is 2.30. The topological polar surface area (TPSA) is 67.2 Å². The van der Waals surface area contributed by atoms with Crippen LogP contribution in [0.3, 0.4) is 0 Å². The van der Waals surface area contributed by atoms with Crippen molar-refractivity contribution in [2.75, 3.05) is 6.54 Å². The first kappa shape index (κ1) is 18.0. The molecule has 0 radical (unpaired) electrons. The Labute approximate surface area is 154 Å². The largest absolute Gasteiger partial charge is 0.360 e. The molecule has 1 saturated carbocycles. The summed E-state index contributed by atoms with van der Waals surface area (Å²) in [5.41, 5.74) is 1.74. The smallest absolute Gasteiger partial charge is 0.273 e. The van der Waals surface area contributed by atoms with Gasteiger partial charge in [-0.25, -0.2) is 0 Å². The van der Waals surface area contributed by atoms with Crippen LogP contribution < -0.4 is 10.6 Å². The third-order valence-electron chi connectivity index (χ3n) is 4.90. The molecule has 2 fully saturated rings. The van der Waals surface area contributed by atoms with E-state index in [4.69, 9.17) is 4.52 Å². The minimum absolute atomic E-state index is 0. The highest BCUT2D eigenvalue weighted by Crippen LogP contribution is 2.40. The summed E-state index contributed by atoms with van der Waals surface area (Å²) in [7, 11) is 0. The van der Waals surface area contributed by atoms with Gasteiger partial charge in [-0.2, -0.15) is 0 Å². The van der Waals surface area contributed by atoms with E-state index in [0.29, 0.717) is 17.7 Å². The maximum absolute atomic E-state index is 12.4. The summed E-state index contributed by atoms with van der Waals surface area (Å²) in [6.07, 6.45) is 5.17. The van der Waals surface area contributed by atoms with Gasteiger partial charge in [0.1, 0.15) is 5.76 Å². The van der Waals surface area contributed by atoms with Gasteiger partial charge in [-0.1, -0.05) is 35.5 Å². The van der Waals surface area contributed by atoms with Gasteiger partial charge in [0, 0.05) is 24.1 Å². The van der Waals surface area contributed by atoms with E-state index < -0.39 is 0 Å². The molecule has 1 aliphatic heterocycles. The van der Waals surface area contributed by atoms with Crippen molar-refractivity contribution in [3.8, 4) is 0 Å². The average Bonchev–Trinajstić information content (AvgIpc) is 3.33. The van der Waals surface area contributed by atoms with Gasteiger partial charge in [0.15, 0.2) is 5.69 Å². The minimum atomic E-state index is -0.115. The van der Waals surface area contributed by atoms with Crippen molar-refractivity contribution in [3.05, 3.63) is 53.4 Å². The minimum Gasteiger partial charge on any atom is -0.360 e. The normalized spacial score (nSPS) is 22.9. The number of amides is 1. The van der Waals surface area contributed by atoms with E-state index in [1.54, 1.807) is 6.07 Å². The third-order valence-corrected chi connectivity index (χ3v) is 4.90. The summed E-state index contributed by atoms with van der Waals surface area (Å²) in [4.78, 5) is 12.4. The summed E-state index contributed by atoms with van der Waals surface area (Å²) < 4.78 is 5.28. The Balaban J connectivity index is 0.00000182. The van der Waals surface area contributed by atoms with Crippen LogP contribution in [0.5, 0.6) is 0 Å². The van der Waals surface area contributed by atoms with Crippen LogP contribution in [0.1, 0.15) is 53.4 Å². The van der Waals surface area contributed by atoms with Gasteiger partial charge < -0.3 is 15.2 Å². The van der Waals surface area contributed by atoms with E-state index in [2.05, 4.69) is 40.1 Å². The summed E-state index contributed by atoms with van der Waals surface area (Å²) in [5.74, 6) is 1.22. The van der Waals surface area contributed by atoms with Crippen LogP contribution >= 0.6 is 12.4 Å². The molecule has 5 nitrogen and oxygen atoms in total. The number of hydrogen-bond acceptors (Lipinski definition) is 4. The molecular formula is C19H24ClN3O2. The molecule has 1 aromatic carbocycles. The molecule has 134 valence electrons. The molecule has 0 bridgehead atoms. The fourth-order valence-corrected chi connectivity index (χ4v) is 3.41. The Kier molecular flexibility index (Phi) is 5.76. The molecule has 2 aliphatic rings. The molecule has 1 aromatic heterocycles. The molecule has 0 unspecified atom stereocenters. The number of nitrogens with one attached hydrogen (secondary N) is 2. The van der Waals surface area contributed by atoms with Crippen molar-refractivity contribution in [2.24, 2.45) is 0 Å². The molecule has 2 atom stereocenters. The zero-order chi connectivity index (χ0) is 16.4. The maximum atomic E-state index is 12.4. The Morgan fingerprint density at radius 3 is 2.80 bits per heavy atom. The van der Waals surface area contributed by atoms with Gasteiger partial charge in [-0.3, -0.25) is 4.79 Å². The Hall–Kier alpha value is -1.85.